The standard InChI is InChI=1S/C44H28/c1-3-13-37-31(9-1)17-15-29-7-5-11-35(27-29)36-12-6-8-30(28-36)16-18-32-10-2-4-14-38(32)40-24-20-34-21-25-41-39(37)23-19-33-22-26-42(40)44(34)43(33)41/h1-28H. The molecule has 8 aromatic rings. The second kappa shape index (κ2) is 9.93. The van der Waals surface area contributed by atoms with Crippen LogP contribution in [0.2, 0.25) is 0 Å². The third kappa shape index (κ3) is 4.00. The molecule has 0 N–H and O–H groups in total. The van der Waals surface area contributed by atoms with Crippen LogP contribution in [0.1, 0.15) is 22.3 Å². The fourth-order valence-corrected chi connectivity index (χ4v) is 7.06. The zero-order chi connectivity index (χ0) is 29.0. The van der Waals surface area contributed by atoms with Crippen molar-refractivity contribution in [3.05, 3.63) is 168 Å². The van der Waals surface area contributed by atoms with E-state index in [-0.39, 0.29) is 0 Å². The van der Waals surface area contributed by atoms with Gasteiger partial charge in [0.15, 0.2) is 0 Å². The first kappa shape index (κ1) is 24.8. The van der Waals surface area contributed by atoms with Crippen LogP contribution < -0.4 is 0 Å². The molecule has 8 aromatic carbocycles. The molecule has 1 aliphatic rings. The Morgan fingerprint density at radius 3 is 1.25 bits per heavy atom. The highest BCUT2D eigenvalue weighted by atomic mass is 14.2. The van der Waals surface area contributed by atoms with Crippen molar-refractivity contribution in [3.63, 3.8) is 0 Å². The van der Waals surface area contributed by atoms with Crippen LogP contribution in [-0.4, -0.2) is 0 Å². The zero-order valence-electron chi connectivity index (χ0n) is 24.2. The molecule has 1 aliphatic carbocycles. The van der Waals surface area contributed by atoms with E-state index in [4.69, 9.17) is 0 Å². The quantitative estimate of drug-likeness (QED) is 0.163. The van der Waals surface area contributed by atoms with Crippen molar-refractivity contribution in [3.8, 4) is 33.4 Å². The molecular weight excluding hydrogens is 528 g/mol. The van der Waals surface area contributed by atoms with Gasteiger partial charge < -0.3 is 0 Å². The molecule has 0 amide bonds. The Morgan fingerprint density at radius 1 is 0.295 bits per heavy atom. The molecule has 0 aliphatic heterocycles. The number of hydrogen-bond acceptors (Lipinski definition) is 0. The fraction of sp³-hybridized carbons (Fsp3) is 0. The first-order valence-electron chi connectivity index (χ1n) is 15.3. The van der Waals surface area contributed by atoms with Gasteiger partial charge in [-0.2, -0.15) is 0 Å². The predicted molar refractivity (Wildman–Crippen MR) is 191 cm³/mol. The van der Waals surface area contributed by atoms with E-state index in [0.29, 0.717) is 0 Å². The lowest BCUT2D eigenvalue weighted by atomic mass is 9.85. The van der Waals surface area contributed by atoms with Gasteiger partial charge in [-0.3, -0.25) is 0 Å². The van der Waals surface area contributed by atoms with Gasteiger partial charge in [0.1, 0.15) is 0 Å². The minimum absolute atomic E-state index is 1.18. The second-order valence-corrected chi connectivity index (χ2v) is 11.7. The average Bonchev–Trinajstić information content (AvgIpc) is 3.09. The Kier molecular flexibility index (Phi) is 5.61. The Hall–Kier alpha value is -5.72. The van der Waals surface area contributed by atoms with E-state index in [1.807, 2.05) is 0 Å². The average molecular weight is 557 g/mol. The van der Waals surface area contributed by atoms with Crippen molar-refractivity contribution >= 4 is 56.6 Å². The van der Waals surface area contributed by atoms with Crippen LogP contribution >= 0.6 is 0 Å². The highest BCUT2D eigenvalue weighted by molar-refractivity contribution is 6.27. The molecule has 9 rings (SSSR count). The second-order valence-electron chi connectivity index (χ2n) is 11.7. The molecule has 0 atom stereocenters. The van der Waals surface area contributed by atoms with Crippen molar-refractivity contribution in [2.45, 2.75) is 0 Å². The molecule has 0 unspecified atom stereocenters. The number of fused-ring (bicyclic) bond motifs is 9. The number of rotatable bonds is 0. The van der Waals surface area contributed by atoms with Gasteiger partial charge in [-0.25, -0.2) is 0 Å². The van der Waals surface area contributed by atoms with Gasteiger partial charge in [0, 0.05) is 0 Å². The highest BCUT2D eigenvalue weighted by Gasteiger charge is 2.16. The molecule has 0 radical (unpaired) electrons. The van der Waals surface area contributed by atoms with E-state index >= 15 is 0 Å². The van der Waals surface area contributed by atoms with Crippen LogP contribution in [0.4, 0.5) is 0 Å². The van der Waals surface area contributed by atoms with Crippen LogP contribution in [0.25, 0.3) is 90.0 Å². The Labute approximate surface area is 257 Å². The van der Waals surface area contributed by atoms with E-state index in [2.05, 4.69) is 170 Å². The van der Waals surface area contributed by atoms with Gasteiger partial charge in [0.05, 0.1) is 0 Å². The molecule has 0 heterocycles. The van der Waals surface area contributed by atoms with Gasteiger partial charge in [-0.1, -0.05) is 158 Å². The molecule has 0 saturated heterocycles. The molecule has 10 bridgehead atoms. The molecule has 0 saturated carbocycles. The fourth-order valence-electron chi connectivity index (χ4n) is 7.06. The lowest BCUT2D eigenvalue weighted by molar-refractivity contribution is 1.58. The molecule has 44 heavy (non-hydrogen) atoms. The van der Waals surface area contributed by atoms with Crippen LogP contribution in [-0.2, 0) is 0 Å². The van der Waals surface area contributed by atoms with Crippen molar-refractivity contribution in [2.24, 2.45) is 0 Å². The molecule has 0 heteroatoms. The summed E-state index contributed by atoms with van der Waals surface area (Å²) in [6.45, 7) is 0. The summed E-state index contributed by atoms with van der Waals surface area (Å²) < 4.78 is 0. The smallest absolute Gasteiger partial charge is 0.00203 e. The molecule has 0 fully saturated rings. The summed E-state index contributed by atoms with van der Waals surface area (Å²) in [6, 6.07) is 53.6. The summed E-state index contributed by atoms with van der Waals surface area (Å²) in [6.07, 6.45) is 9.00. The Morgan fingerprint density at radius 2 is 0.750 bits per heavy atom. The maximum atomic E-state index is 2.32. The first-order chi connectivity index (χ1) is 21.8. The van der Waals surface area contributed by atoms with Crippen LogP contribution in [0.5, 0.6) is 0 Å². The summed E-state index contributed by atoms with van der Waals surface area (Å²) in [5.41, 5.74) is 12.2. The van der Waals surface area contributed by atoms with Crippen molar-refractivity contribution in [1.29, 1.82) is 0 Å². The summed E-state index contributed by atoms with van der Waals surface area (Å²) in [4.78, 5) is 0. The number of hydrogen-bond donors (Lipinski definition) is 0. The minimum atomic E-state index is 1.18. The molecule has 0 spiro atoms. The van der Waals surface area contributed by atoms with Crippen molar-refractivity contribution in [2.75, 3.05) is 0 Å². The predicted octanol–water partition coefficient (Wildman–Crippen LogP) is 12.2. The third-order valence-corrected chi connectivity index (χ3v) is 9.18. The molecular formula is C44H28. The molecule has 0 nitrogen and oxygen atoms in total. The van der Waals surface area contributed by atoms with Gasteiger partial charge in [0.25, 0.3) is 0 Å². The van der Waals surface area contributed by atoms with E-state index < -0.39 is 0 Å². The number of benzene rings is 8. The summed E-state index contributed by atoms with van der Waals surface area (Å²) in [5, 5.41) is 7.82. The van der Waals surface area contributed by atoms with E-state index in [0.717, 1.165) is 0 Å². The first-order valence-corrected chi connectivity index (χ1v) is 15.3. The summed E-state index contributed by atoms with van der Waals surface area (Å²) >= 11 is 0. The molecule has 0 aromatic heterocycles. The van der Waals surface area contributed by atoms with E-state index in [1.54, 1.807) is 0 Å². The lowest BCUT2D eigenvalue weighted by Gasteiger charge is -2.18. The summed E-state index contributed by atoms with van der Waals surface area (Å²) in [5.74, 6) is 0. The van der Waals surface area contributed by atoms with E-state index in [1.165, 1.54) is 88.0 Å². The topological polar surface area (TPSA) is 0 Å². The summed E-state index contributed by atoms with van der Waals surface area (Å²) in [7, 11) is 0. The van der Waals surface area contributed by atoms with Gasteiger partial charge in [-0.15, -0.1) is 0 Å². The maximum Gasteiger partial charge on any atom is -0.00203 e. The van der Waals surface area contributed by atoms with Crippen molar-refractivity contribution < 1.29 is 0 Å². The normalized spacial score (nSPS) is 12.4. The van der Waals surface area contributed by atoms with Crippen LogP contribution in [0, 0.1) is 0 Å². The van der Waals surface area contributed by atoms with E-state index in [9.17, 15) is 0 Å². The lowest BCUT2D eigenvalue weighted by Crippen LogP contribution is -1.91. The van der Waals surface area contributed by atoms with Gasteiger partial charge in [0.2, 0.25) is 0 Å². The third-order valence-electron chi connectivity index (χ3n) is 9.18. The highest BCUT2D eigenvalue weighted by Crippen LogP contribution is 2.43. The zero-order valence-corrected chi connectivity index (χ0v) is 24.2. The Balaban J connectivity index is 1.38. The SMILES string of the molecule is C1=Cc2ccccc2-c2ccc3ccc4c(ccc5ccc2c3c54)-c2ccccc2C=Cc2cccc(c2)-c2cccc1c2. The van der Waals surface area contributed by atoms with Crippen LogP contribution in [0.15, 0.2) is 146 Å². The van der Waals surface area contributed by atoms with Crippen LogP contribution in [0.3, 0.4) is 0 Å². The van der Waals surface area contributed by atoms with Crippen molar-refractivity contribution in [1.82, 2.24) is 0 Å². The minimum Gasteiger partial charge on any atom is -0.0616 e. The Bertz CT molecular complexity index is 2260. The van der Waals surface area contributed by atoms with Gasteiger partial charge in [-0.05, 0) is 100 Å². The molecule has 204 valence electrons. The monoisotopic (exact) mass is 556 g/mol. The largest absolute Gasteiger partial charge is 0.0616 e. The van der Waals surface area contributed by atoms with Gasteiger partial charge >= 0.3 is 0 Å². The maximum absolute atomic E-state index is 2.32.